The van der Waals surface area contributed by atoms with Crippen LogP contribution in [0.25, 0.3) is 0 Å². The first kappa shape index (κ1) is 15.4. The second-order valence-corrected chi connectivity index (χ2v) is 3.37. The van der Waals surface area contributed by atoms with E-state index in [1.165, 1.54) is 0 Å². The first-order valence-corrected chi connectivity index (χ1v) is 5.66. The summed E-state index contributed by atoms with van der Waals surface area (Å²) < 4.78 is 0. The Labute approximate surface area is 102 Å². The van der Waals surface area contributed by atoms with Crippen molar-refractivity contribution in [2.75, 3.05) is 18.5 Å². The number of nitrogens with one attached hydrogen (secondary N) is 1. The molecular formula is C12H20N2O3. The summed E-state index contributed by atoms with van der Waals surface area (Å²) in [4.78, 5) is 10.3. The van der Waals surface area contributed by atoms with E-state index in [1.807, 2.05) is 13.8 Å². The smallest absolute Gasteiger partial charge is 0.275 e. The van der Waals surface area contributed by atoms with Gasteiger partial charge >= 0.3 is 0 Å². The van der Waals surface area contributed by atoms with Gasteiger partial charge in [-0.15, -0.1) is 0 Å². The maximum atomic E-state index is 10.7. The summed E-state index contributed by atoms with van der Waals surface area (Å²) in [7, 11) is 0. The van der Waals surface area contributed by atoms with Crippen LogP contribution in [0.4, 0.5) is 11.4 Å². The molecule has 0 bridgehead atoms. The summed E-state index contributed by atoms with van der Waals surface area (Å²) in [6, 6.07) is 3.42. The van der Waals surface area contributed by atoms with Crippen molar-refractivity contribution < 1.29 is 10.0 Å². The van der Waals surface area contributed by atoms with E-state index < -0.39 is 0 Å². The molecule has 0 amide bonds. The number of aliphatic hydroxyl groups is 1. The Hall–Kier alpha value is -1.62. The molecule has 5 heteroatoms. The highest BCUT2D eigenvalue weighted by Gasteiger charge is 2.14. The molecule has 0 atom stereocenters. The summed E-state index contributed by atoms with van der Waals surface area (Å²) in [5.74, 6) is 0. The SMILES string of the molecule is CC.Cc1cc(NCCO)cc(C)c1[N+](=O)[O-]. The fourth-order valence-corrected chi connectivity index (χ4v) is 1.55. The second-order valence-electron chi connectivity index (χ2n) is 3.37. The van der Waals surface area contributed by atoms with Crippen LogP contribution in [0.2, 0.25) is 0 Å². The topological polar surface area (TPSA) is 75.4 Å². The van der Waals surface area contributed by atoms with Crippen molar-refractivity contribution in [3.8, 4) is 0 Å². The lowest BCUT2D eigenvalue weighted by Crippen LogP contribution is -2.06. The molecule has 0 saturated carbocycles. The fraction of sp³-hybridized carbons (Fsp3) is 0.500. The Morgan fingerprint density at radius 3 is 2.12 bits per heavy atom. The zero-order valence-electron chi connectivity index (χ0n) is 10.8. The molecule has 0 heterocycles. The number of hydrogen-bond acceptors (Lipinski definition) is 4. The van der Waals surface area contributed by atoms with E-state index in [0.29, 0.717) is 17.7 Å². The summed E-state index contributed by atoms with van der Waals surface area (Å²) in [6.07, 6.45) is 0. The minimum atomic E-state index is -0.375. The molecule has 0 unspecified atom stereocenters. The van der Waals surface area contributed by atoms with Gasteiger partial charge in [0.2, 0.25) is 0 Å². The molecule has 0 aliphatic carbocycles. The van der Waals surface area contributed by atoms with Crippen LogP contribution in [0.1, 0.15) is 25.0 Å². The van der Waals surface area contributed by atoms with Gasteiger partial charge in [-0.05, 0) is 26.0 Å². The van der Waals surface area contributed by atoms with Crippen molar-refractivity contribution in [1.29, 1.82) is 0 Å². The zero-order valence-corrected chi connectivity index (χ0v) is 10.8. The van der Waals surface area contributed by atoms with Crippen LogP contribution in [0.3, 0.4) is 0 Å². The van der Waals surface area contributed by atoms with E-state index in [2.05, 4.69) is 5.32 Å². The standard InChI is InChI=1S/C10H14N2O3.C2H6/c1-7-5-9(11-3-4-13)6-8(2)10(7)12(14)15;1-2/h5-6,11,13H,3-4H2,1-2H3;1-2H3. The lowest BCUT2D eigenvalue weighted by atomic mass is 10.1. The van der Waals surface area contributed by atoms with E-state index in [4.69, 9.17) is 5.11 Å². The molecule has 0 aromatic heterocycles. The Morgan fingerprint density at radius 1 is 1.29 bits per heavy atom. The average Bonchev–Trinajstić information content (AvgIpc) is 2.27. The summed E-state index contributed by atoms with van der Waals surface area (Å²) in [5.41, 5.74) is 2.20. The first-order chi connectivity index (χ1) is 8.06. The van der Waals surface area contributed by atoms with Crippen molar-refractivity contribution in [3.63, 3.8) is 0 Å². The molecule has 5 nitrogen and oxygen atoms in total. The van der Waals surface area contributed by atoms with Gasteiger partial charge in [0.1, 0.15) is 0 Å². The maximum Gasteiger partial charge on any atom is 0.275 e. The molecule has 1 aromatic carbocycles. The van der Waals surface area contributed by atoms with E-state index >= 15 is 0 Å². The molecule has 0 aliphatic heterocycles. The number of aliphatic hydroxyl groups excluding tert-OH is 1. The van der Waals surface area contributed by atoms with Gasteiger partial charge in [-0.2, -0.15) is 0 Å². The van der Waals surface area contributed by atoms with Crippen LogP contribution < -0.4 is 5.32 Å². The number of benzene rings is 1. The molecular weight excluding hydrogens is 220 g/mol. The van der Waals surface area contributed by atoms with E-state index in [9.17, 15) is 10.1 Å². The van der Waals surface area contributed by atoms with E-state index in [0.717, 1.165) is 5.69 Å². The van der Waals surface area contributed by atoms with Gasteiger partial charge in [0.05, 0.1) is 11.5 Å². The maximum absolute atomic E-state index is 10.7. The Kier molecular flexibility index (Phi) is 6.89. The average molecular weight is 240 g/mol. The predicted octanol–water partition coefficient (Wildman–Crippen LogP) is 2.64. The lowest BCUT2D eigenvalue weighted by molar-refractivity contribution is -0.386. The summed E-state index contributed by atoms with van der Waals surface area (Å²) in [6.45, 7) is 7.89. The Morgan fingerprint density at radius 2 is 1.76 bits per heavy atom. The largest absolute Gasteiger partial charge is 0.395 e. The third-order valence-corrected chi connectivity index (χ3v) is 2.11. The van der Waals surface area contributed by atoms with Gasteiger partial charge in [0.15, 0.2) is 0 Å². The minimum absolute atomic E-state index is 0.0368. The molecule has 0 radical (unpaired) electrons. The van der Waals surface area contributed by atoms with E-state index in [-0.39, 0.29) is 17.2 Å². The Bertz CT molecular complexity index is 355. The van der Waals surface area contributed by atoms with Crippen LogP contribution in [0.15, 0.2) is 12.1 Å². The molecule has 0 aliphatic rings. The van der Waals surface area contributed by atoms with Crippen LogP contribution in [0, 0.1) is 24.0 Å². The monoisotopic (exact) mass is 240 g/mol. The van der Waals surface area contributed by atoms with Crippen LogP contribution in [0.5, 0.6) is 0 Å². The molecule has 96 valence electrons. The van der Waals surface area contributed by atoms with Crippen molar-refractivity contribution in [1.82, 2.24) is 0 Å². The van der Waals surface area contributed by atoms with Crippen molar-refractivity contribution in [2.24, 2.45) is 0 Å². The van der Waals surface area contributed by atoms with Crippen LogP contribution in [-0.4, -0.2) is 23.2 Å². The normalized spacial score (nSPS) is 9.24. The van der Waals surface area contributed by atoms with Gasteiger partial charge in [0, 0.05) is 23.4 Å². The molecule has 2 N–H and O–H groups in total. The van der Waals surface area contributed by atoms with Gasteiger partial charge in [-0.1, -0.05) is 13.8 Å². The fourth-order valence-electron chi connectivity index (χ4n) is 1.55. The molecule has 0 saturated heterocycles. The van der Waals surface area contributed by atoms with Gasteiger partial charge in [-0.3, -0.25) is 10.1 Å². The van der Waals surface area contributed by atoms with Crippen LogP contribution >= 0.6 is 0 Å². The van der Waals surface area contributed by atoms with E-state index in [1.54, 1.807) is 26.0 Å². The number of nitro benzene ring substituents is 1. The van der Waals surface area contributed by atoms with Crippen molar-refractivity contribution in [2.45, 2.75) is 27.7 Å². The quantitative estimate of drug-likeness (QED) is 0.626. The number of nitro groups is 1. The second kappa shape index (κ2) is 7.62. The highest BCUT2D eigenvalue weighted by Crippen LogP contribution is 2.26. The molecule has 0 spiro atoms. The van der Waals surface area contributed by atoms with Gasteiger partial charge < -0.3 is 10.4 Å². The molecule has 0 fully saturated rings. The van der Waals surface area contributed by atoms with Gasteiger partial charge in [0.25, 0.3) is 5.69 Å². The zero-order chi connectivity index (χ0) is 13.4. The molecule has 17 heavy (non-hydrogen) atoms. The van der Waals surface area contributed by atoms with Crippen molar-refractivity contribution >= 4 is 11.4 Å². The Balaban J connectivity index is 0.00000121. The summed E-state index contributed by atoms with van der Waals surface area (Å²) in [5, 5.41) is 22.3. The number of anilines is 1. The number of hydrogen-bond donors (Lipinski definition) is 2. The lowest BCUT2D eigenvalue weighted by Gasteiger charge is -2.07. The highest BCUT2D eigenvalue weighted by atomic mass is 16.6. The summed E-state index contributed by atoms with van der Waals surface area (Å²) >= 11 is 0. The number of rotatable bonds is 4. The minimum Gasteiger partial charge on any atom is -0.395 e. The van der Waals surface area contributed by atoms with Crippen molar-refractivity contribution in [3.05, 3.63) is 33.4 Å². The van der Waals surface area contributed by atoms with Gasteiger partial charge in [-0.25, -0.2) is 0 Å². The number of nitrogens with zero attached hydrogens (tertiary/aromatic N) is 1. The highest BCUT2D eigenvalue weighted by molar-refractivity contribution is 5.58. The predicted molar refractivity (Wildman–Crippen MR) is 69.5 cm³/mol. The third kappa shape index (κ3) is 4.40. The molecule has 1 aromatic rings. The molecule has 1 rings (SSSR count). The third-order valence-electron chi connectivity index (χ3n) is 2.11. The van der Waals surface area contributed by atoms with Crippen LogP contribution in [-0.2, 0) is 0 Å². The number of aryl methyl sites for hydroxylation is 2. The first-order valence-electron chi connectivity index (χ1n) is 5.66.